The molecule has 2 aromatic heterocycles. The Morgan fingerprint density at radius 2 is 1.83 bits per heavy atom. The molecule has 180 valence electrons. The number of carbonyl (C=O) groups excluding carboxylic acids is 1. The van der Waals surface area contributed by atoms with E-state index in [0.29, 0.717) is 16.3 Å². The minimum absolute atomic E-state index is 0.00556. The van der Waals surface area contributed by atoms with Crippen LogP contribution in [0.15, 0.2) is 60.8 Å². The summed E-state index contributed by atoms with van der Waals surface area (Å²) < 4.78 is 50.8. The van der Waals surface area contributed by atoms with Crippen molar-refractivity contribution >= 4 is 34.0 Å². The fourth-order valence-electron chi connectivity index (χ4n) is 3.09. The highest BCUT2D eigenvalue weighted by atomic mass is 35.5. The highest BCUT2D eigenvalue weighted by molar-refractivity contribution is 7.17. The van der Waals surface area contributed by atoms with E-state index >= 15 is 0 Å². The highest BCUT2D eigenvalue weighted by Crippen LogP contribution is 2.36. The van der Waals surface area contributed by atoms with Gasteiger partial charge in [-0.15, -0.1) is 5.10 Å². The van der Waals surface area contributed by atoms with E-state index in [-0.39, 0.29) is 28.1 Å². The van der Waals surface area contributed by atoms with Crippen LogP contribution in [0.4, 0.5) is 18.3 Å². The van der Waals surface area contributed by atoms with Crippen molar-refractivity contribution in [3.8, 4) is 22.1 Å². The van der Waals surface area contributed by atoms with Gasteiger partial charge in [0.25, 0.3) is 11.1 Å². The maximum Gasteiger partial charge on any atom is 0.433 e. The molecule has 0 saturated heterocycles. The van der Waals surface area contributed by atoms with Crippen LogP contribution in [0.3, 0.4) is 0 Å². The van der Waals surface area contributed by atoms with Crippen LogP contribution in [0.1, 0.15) is 21.6 Å². The van der Waals surface area contributed by atoms with Crippen molar-refractivity contribution < 1.29 is 27.4 Å². The van der Waals surface area contributed by atoms with Crippen molar-refractivity contribution in [3.05, 3.63) is 82.6 Å². The van der Waals surface area contributed by atoms with Crippen molar-refractivity contribution in [3.63, 3.8) is 0 Å². The smallest absolute Gasteiger partial charge is 0.433 e. The first-order chi connectivity index (χ1) is 16.7. The number of halogens is 4. The number of para-hydroxylation sites is 1. The lowest BCUT2D eigenvalue weighted by Crippen LogP contribution is -2.16. The molecule has 0 spiro atoms. The van der Waals surface area contributed by atoms with Gasteiger partial charge in [-0.25, -0.2) is 0 Å². The molecule has 4 rings (SSSR count). The summed E-state index contributed by atoms with van der Waals surface area (Å²) >= 11 is 6.83. The summed E-state index contributed by atoms with van der Waals surface area (Å²) in [7, 11) is 1.39. The Kier molecular flexibility index (Phi) is 7.17. The third-order valence-electron chi connectivity index (χ3n) is 4.74. The molecule has 0 radical (unpaired) electrons. The van der Waals surface area contributed by atoms with Crippen molar-refractivity contribution in [2.45, 2.75) is 12.8 Å². The molecule has 0 bridgehead atoms. The topological polar surface area (TPSA) is 86.2 Å². The molecule has 0 unspecified atom stereocenters. The van der Waals surface area contributed by atoms with Crippen LogP contribution >= 0.6 is 22.9 Å². The monoisotopic (exact) mass is 520 g/mol. The van der Waals surface area contributed by atoms with Crippen LogP contribution in [0.25, 0.3) is 11.1 Å². The molecule has 0 saturated carbocycles. The number of nitrogens with one attached hydrogen (secondary N) is 1. The maximum absolute atomic E-state index is 13.3. The van der Waals surface area contributed by atoms with Crippen LogP contribution < -0.4 is 14.8 Å². The Labute approximate surface area is 206 Å². The fraction of sp³-hybridized carbons (Fsp3) is 0.130. The largest absolute Gasteiger partial charge is 0.496 e. The summed E-state index contributed by atoms with van der Waals surface area (Å²) in [5.41, 5.74) is -0.0687. The van der Waals surface area contributed by atoms with Gasteiger partial charge in [-0.05, 0) is 41.2 Å². The van der Waals surface area contributed by atoms with Gasteiger partial charge >= 0.3 is 6.18 Å². The van der Waals surface area contributed by atoms with Gasteiger partial charge in [-0.1, -0.05) is 47.0 Å². The standard InChI is InChI=1S/C23H16ClF3N4O3S/c1-33-18-5-3-2-4-15(18)16-10-19(23(25,26)27)28-11-17(16)20(32)29-21-30-31-22(35-21)34-12-13-6-8-14(24)9-7-13/h2-11H,12H2,1H3,(H,29,30,32). The average molecular weight is 521 g/mol. The number of hydrogen-bond donors (Lipinski definition) is 1. The Bertz CT molecular complexity index is 1350. The lowest BCUT2D eigenvalue weighted by molar-refractivity contribution is -0.141. The Hall–Kier alpha value is -3.70. The number of methoxy groups -OCH3 is 1. The normalized spacial score (nSPS) is 11.2. The Balaban J connectivity index is 1.57. The first kappa shape index (κ1) is 24.4. The molecule has 2 aromatic carbocycles. The van der Waals surface area contributed by atoms with Gasteiger partial charge in [0.2, 0.25) is 5.13 Å². The van der Waals surface area contributed by atoms with Crippen LogP contribution in [-0.4, -0.2) is 28.2 Å². The van der Waals surface area contributed by atoms with E-state index in [4.69, 9.17) is 21.1 Å². The molecule has 4 aromatic rings. The summed E-state index contributed by atoms with van der Waals surface area (Å²) in [6, 6.07) is 14.3. The molecule has 0 aliphatic carbocycles. The second-order valence-electron chi connectivity index (χ2n) is 7.06. The minimum Gasteiger partial charge on any atom is -0.496 e. The molecular weight excluding hydrogens is 505 g/mol. The lowest BCUT2D eigenvalue weighted by atomic mass is 9.99. The summed E-state index contributed by atoms with van der Waals surface area (Å²) in [5, 5.41) is 11.2. The van der Waals surface area contributed by atoms with Gasteiger partial charge in [0.05, 0.1) is 12.7 Å². The summed E-state index contributed by atoms with van der Waals surface area (Å²) in [6.45, 7) is 0.209. The average Bonchev–Trinajstić information content (AvgIpc) is 3.30. The van der Waals surface area contributed by atoms with Crippen LogP contribution in [0.5, 0.6) is 10.9 Å². The third kappa shape index (κ3) is 5.87. The van der Waals surface area contributed by atoms with E-state index in [9.17, 15) is 18.0 Å². The molecule has 7 nitrogen and oxygen atoms in total. The number of carbonyl (C=O) groups is 1. The highest BCUT2D eigenvalue weighted by Gasteiger charge is 2.34. The van der Waals surface area contributed by atoms with E-state index in [0.717, 1.165) is 29.2 Å². The number of alkyl halides is 3. The zero-order valence-corrected chi connectivity index (χ0v) is 19.5. The van der Waals surface area contributed by atoms with Crippen molar-refractivity contribution in [1.29, 1.82) is 0 Å². The zero-order valence-electron chi connectivity index (χ0n) is 18.0. The second kappa shape index (κ2) is 10.3. The van der Waals surface area contributed by atoms with Gasteiger partial charge in [0.15, 0.2) is 0 Å². The zero-order chi connectivity index (χ0) is 25.0. The number of amides is 1. The summed E-state index contributed by atoms with van der Waals surface area (Å²) in [6.07, 6.45) is -3.82. The first-order valence-corrected chi connectivity index (χ1v) is 11.2. The lowest BCUT2D eigenvalue weighted by Gasteiger charge is -2.14. The summed E-state index contributed by atoms with van der Waals surface area (Å²) in [5.74, 6) is -0.415. The van der Waals surface area contributed by atoms with Gasteiger partial charge in [0.1, 0.15) is 18.1 Å². The molecular formula is C23H16ClF3N4O3S. The minimum atomic E-state index is -4.69. The van der Waals surface area contributed by atoms with Gasteiger partial charge < -0.3 is 9.47 Å². The van der Waals surface area contributed by atoms with Crippen molar-refractivity contribution in [1.82, 2.24) is 15.2 Å². The van der Waals surface area contributed by atoms with Crippen LogP contribution in [0.2, 0.25) is 5.02 Å². The Morgan fingerprint density at radius 3 is 2.54 bits per heavy atom. The molecule has 35 heavy (non-hydrogen) atoms. The molecule has 0 fully saturated rings. The number of aromatic nitrogens is 3. The van der Waals surface area contributed by atoms with Crippen LogP contribution in [-0.2, 0) is 12.8 Å². The molecule has 0 aliphatic rings. The van der Waals surface area contributed by atoms with E-state index in [1.807, 2.05) is 0 Å². The molecule has 0 aliphatic heterocycles. The number of anilines is 1. The van der Waals surface area contributed by atoms with Gasteiger partial charge in [-0.3, -0.25) is 15.1 Å². The van der Waals surface area contributed by atoms with Crippen LogP contribution in [0, 0.1) is 0 Å². The maximum atomic E-state index is 13.3. The number of hydrogen-bond acceptors (Lipinski definition) is 7. The van der Waals surface area contributed by atoms with E-state index in [1.165, 1.54) is 7.11 Å². The molecule has 1 N–H and O–H groups in total. The number of rotatable bonds is 7. The third-order valence-corrected chi connectivity index (χ3v) is 5.74. The van der Waals surface area contributed by atoms with Crippen molar-refractivity contribution in [2.75, 3.05) is 12.4 Å². The predicted octanol–water partition coefficient (Wildman–Crippen LogP) is 6.11. The molecule has 2 heterocycles. The number of ether oxygens (including phenoxy) is 2. The SMILES string of the molecule is COc1ccccc1-c1cc(C(F)(F)F)ncc1C(=O)Nc1nnc(OCc2ccc(Cl)cc2)s1. The second-order valence-corrected chi connectivity index (χ2v) is 8.43. The molecule has 12 heteroatoms. The van der Waals surface area contributed by atoms with Gasteiger partial charge in [0, 0.05) is 22.3 Å². The van der Waals surface area contributed by atoms with Crippen molar-refractivity contribution in [2.24, 2.45) is 0 Å². The predicted molar refractivity (Wildman–Crippen MR) is 125 cm³/mol. The van der Waals surface area contributed by atoms with Gasteiger partial charge in [-0.2, -0.15) is 13.2 Å². The van der Waals surface area contributed by atoms with E-state index in [2.05, 4.69) is 20.5 Å². The first-order valence-electron chi connectivity index (χ1n) is 9.97. The van der Waals surface area contributed by atoms with E-state index < -0.39 is 17.8 Å². The Morgan fingerprint density at radius 1 is 1.09 bits per heavy atom. The fourth-order valence-corrected chi connectivity index (χ4v) is 3.81. The summed E-state index contributed by atoms with van der Waals surface area (Å²) in [4.78, 5) is 16.4. The number of nitrogens with zero attached hydrogens (tertiary/aromatic N) is 3. The number of benzene rings is 2. The van der Waals surface area contributed by atoms with E-state index in [1.54, 1.807) is 48.5 Å². The quantitative estimate of drug-likeness (QED) is 0.316. The molecule has 1 amide bonds. The number of pyridine rings is 1. The molecule has 0 atom stereocenters.